The van der Waals surface area contributed by atoms with Crippen LogP contribution in [-0.2, 0) is 9.59 Å². The predicted octanol–water partition coefficient (Wildman–Crippen LogP) is 5.91. The molecule has 32 heavy (non-hydrogen) atoms. The Morgan fingerprint density at radius 3 is 2.31 bits per heavy atom. The van der Waals surface area contributed by atoms with E-state index in [0.717, 1.165) is 5.56 Å². The fourth-order valence-electron chi connectivity index (χ4n) is 3.90. The Morgan fingerprint density at radius 1 is 0.938 bits per heavy atom. The summed E-state index contributed by atoms with van der Waals surface area (Å²) in [5.41, 5.74) is 2.38. The minimum Gasteiger partial charge on any atom is -0.503 e. The normalized spacial score (nSPS) is 16.1. The molecule has 1 N–H and O–H groups in total. The van der Waals surface area contributed by atoms with Crippen LogP contribution in [0.4, 0.5) is 5.69 Å². The molecule has 0 saturated heterocycles. The first-order valence-corrected chi connectivity index (χ1v) is 10.6. The molecule has 0 saturated carbocycles. The second-order valence-corrected chi connectivity index (χ2v) is 8.19. The highest BCUT2D eigenvalue weighted by atomic mass is 16.5. The van der Waals surface area contributed by atoms with E-state index in [-0.39, 0.29) is 17.3 Å². The van der Waals surface area contributed by atoms with Gasteiger partial charge in [0.05, 0.1) is 11.6 Å². The van der Waals surface area contributed by atoms with Gasteiger partial charge >= 0.3 is 0 Å². The van der Waals surface area contributed by atoms with Gasteiger partial charge in [-0.05, 0) is 54.4 Å². The molecule has 162 valence electrons. The number of benzene rings is 3. The quantitative estimate of drug-likeness (QED) is 0.531. The topological polar surface area (TPSA) is 66.8 Å². The zero-order chi connectivity index (χ0) is 22.8. The highest BCUT2D eigenvalue weighted by Gasteiger charge is 2.44. The van der Waals surface area contributed by atoms with Gasteiger partial charge in [-0.1, -0.05) is 56.3 Å². The maximum Gasteiger partial charge on any atom is 0.294 e. The minimum absolute atomic E-state index is 0.114. The molecule has 1 unspecified atom stereocenters. The molecule has 1 amide bonds. The molecule has 1 aliphatic rings. The zero-order valence-corrected chi connectivity index (χ0v) is 18.3. The number of carbonyl (C=O) groups is 2. The number of anilines is 1. The lowest BCUT2D eigenvalue weighted by molar-refractivity contribution is -0.119. The van der Waals surface area contributed by atoms with Gasteiger partial charge in [-0.2, -0.15) is 0 Å². The van der Waals surface area contributed by atoms with Gasteiger partial charge in [-0.25, -0.2) is 0 Å². The fraction of sp³-hybridized carbons (Fsp3) is 0.185. The highest BCUT2D eigenvalue weighted by molar-refractivity contribution is 6.16. The molecule has 1 aliphatic heterocycles. The van der Waals surface area contributed by atoms with Crippen molar-refractivity contribution >= 4 is 17.4 Å². The molecule has 1 atom stereocenters. The van der Waals surface area contributed by atoms with Gasteiger partial charge in [0.25, 0.3) is 5.91 Å². The molecular weight excluding hydrogens is 402 g/mol. The number of nitrogens with zero attached hydrogens (tertiary/aromatic N) is 1. The summed E-state index contributed by atoms with van der Waals surface area (Å²) in [6.45, 7) is 5.45. The van der Waals surface area contributed by atoms with E-state index in [1.54, 1.807) is 26.0 Å². The summed E-state index contributed by atoms with van der Waals surface area (Å²) in [7, 11) is 0. The average molecular weight is 428 g/mol. The maximum atomic E-state index is 13.1. The van der Waals surface area contributed by atoms with Crippen molar-refractivity contribution in [1.82, 2.24) is 0 Å². The number of rotatable bonds is 6. The van der Waals surface area contributed by atoms with Crippen LogP contribution in [0.25, 0.3) is 0 Å². The predicted molar refractivity (Wildman–Crippen MR) is 124 cm³/mol. The summed E-state index contributed by atoms with van der Waals surface area (Å²) in [6, 6.07) is 23.4. The van der Waals surface area contributed by atoms with E-state index in [4.69, 9.17) is 4.74 Å². The van der Waals surface area contributed by atoms with E-state index in [1.807, 2.05) is 73.7 Å². The average Bonchev–Trinajstić information content (AvgIpc) is 3.04. The van der Waals surface area contributed by atoms with Crippen LogP contribution in [0.5, 0.6) is 11.5 Å². The third kappa shape index (κ3) is 4.02. The van der Waals surface area contributed by atoms with Crippen LogP contribution in [0.2, 0.25) is 0 Å². The van der Waals surface area contributed by atoms with Crippen molar-refractivity contribution in [3.05, 3.63) is 101 Å². The Hall–Kier alpha value is -3.86. The number of hydrogen-bond donors (Lipinski definition) is 1. The summed E-state index contributed by atoms with van der Waals surface area (Å²) in [6.07, 6.45) is 0. The van der Waals surface area contributed by atoms with Gasteiger partial charge in [-0.3, -0.25) is 14.5 Å². The summed E-state index contributed by atoms with van der Waals surface area (Å²) < 4.78 is 5.97. The molecule has 3 aromatic carbocycles. The Labute approximate surface area is 187 Å². The number of hydrogen-bond acceptors (Lipinski definition) is 4. The molecule has 0 aliphatic carbocycles. The Kier molecular flexibility index (Phi) is 5.82. The van der Waals surface area contributed by atoms with Crippen molar-refractivity contribution in [2.45, 2.75) is 26.8 Å². The van der Waals surface area contributed by atoms with E-state index in [0.29, 0.717) is 22.7 Å². The first-order chi connectivity index (χ1) is 15.4. The number of ketones is 1. The largest absolute Gasteiger partial charge is 0.503 e. The van der Waals surface area contributed by atoms with Crippen molar-refractivity contribution in [3.63, 3.8) is 0 Å². The number of carbonyl (C=O) groups excluding carboxylic acids is 2. The van der Waals surface area contributed by atoms with Crippen molar-refractivity contribution < 1.29 is 19.4 Å². The smallest absolute Gasteiger partial charge is 0.294 e. The third-order valence-corrected chi connectivity index (χ3v) is 5.43. The summed E-state index contributed by atoms with van der Waals surface area (Å²) in [5, 5.41) is 10.8. The Balaban J connectivity index is 1.82. The first kappa shape index (κ1) is 21.4. The SMILES string of the molecule is Cc1cccc(N2C(=O)C(O)=C(C(=O)C(C)C)C2c2cccc(Oc3ccccc3)c2)c1. The number of Topliss-reactive ketones (excluding diaryl/α,β-unsaturated/α-hetero) is 1. The molecule has 0 bridgehead atoms. The van der Waals surface area contributed by atoms with Gasteiger partial charge in [0.2, 0.25) is 0 Å². The van der Waals surface area contributed by atoms with E-state index in [9.17, 15) is 14.7 Å². The summed E-state index contributed by atoms with van der Waals surface area (Å²) >= 11 is 0. The number of ether oxygens (including phenoxy) is 1. The van der Waals surface area contributed by atoms with E-state index in [2.05, 4.69) is 0 Å². The molecule has 0 spiro atoms. The highest BCUT2D eigenvalue weighted by Crippen LogP contribution is 2.42. The molecule has 0 radical (unpaired) electrons. The molecule has 3 aromatic rings. The van der Waals surface area contributed by atoms with Crippen LogP contribution < -0.4 is 9.64 Å². The maximum absolute atomic E-state index is 13.1. The van der Waals surface area contributed by atoms with Gasteiger partial charge < -0.3 is 9.84 Å². The lowest BCUT2D eigenvalue weighted by Gasteiger charge is -2.28. The van der Waals surface area contributed by atoms with Gasteiger partial charge in [0, 0.05) is 11.6 Å². The molecule has 0 fully saturated rings. The molecule has 0 aromatic heterocycles. The van der Waals surface area contributed by atoms with Gasteiger partial charge in [-0.15, -0.1) is 0 Å². The second-order valence-electron chi connectivity index (χ2n) is 8.19. The Morgan fingerprint density at radius 2 is 1.62 bits per heavy atom. The Bertz CT molecular complexity index is 1200. The molecule has 4 rings (SSSR count). The second kappa shape index (κ2) is 8.71. The molecular formula is C27H25NO4. The molecule has 1 heterocycles. The van der Waals surface area contributed by atoms with Gasteiger partial charge in [0.15, 0.2) is 11.5 Å². The number of aliphatic hydroxyl groups excluding tert-OH is 1. The van der Waals surface area contributed by atoms with Crippen LogP contribution in [0.1, 0.15) is 31.0 Å². The van der Waals surface area contributed by atoms with E-state index >= 15 is 0 Å². The number of para-hydroxylation sites is 1. The first-order valence-electron chi connectivity index (χ1n) is 10.6. The van der Waals surface area contributed by atoms with Crippen molar-refractivity contribution in [1.29, 1.82) is 0 Å². The molecule has 5 nitrogen and oxygen atoms in total. The van der Waals surface area contributed by atoms with E-state index < -0.39 is 17.7 Å². The van der Waals surface area contributed by atoms with Crippen molar-refractivity contribution in [2.24, 2.45) is 5.92 Å². The van der Waals surface area contributed by atoms with E-state index in [1.165, 1.54) is 4.90 Å². The summed E-state index contributed by atoms with van der Waals surface area (Å²) in [5.74, 6) is -0.453. The van der Waals surface area contributed by atoms with Crippen molar-refractivity contribution in [2.75, 3.05) is 4.90 Å². The zero-order valence-electron chi connectivity index (χ0n) is 18.3. The minimum atomic E-state index is -0.751. The monoisotopic (exact) mass is 427 g/mol. The lowest BCUT2D eigenvalue weighted by Crippen LogP contribution is -2.31. The van der Waals surface area contributed by atoms with Crippen LogP contribution in [-0.4, -0.2) is 16.8 Å². The van der Waals surface area contributed by atoms with Crippen LogP contribution in [0.15, 0.2) is 90.2 Å². The third-order valence-electron chi connectivity index (χ3n) is 5.43. The summed E-state index contributed by atoms with van der Waals surface area (Å²) in [4.78, 5) is 27.7. The molecule has 5 heteroatoms. The standard InChI is InChI=1S/C27H25NO4/c1-17(2)25(29)23-24(28(27(31)26(23)30)20-11-7-9-18(3)15-20)19-10-8-14-22(16-19)32-21-12-5-4-6-13-21/h4-17,24,30H,1-3H3. The fourth-order valence-corrected chi connectivity index (χ4v) is 3.90. The van der Waals surface area contributed by atoms with Crippen LogP contribution in [0.3, 0.4) is 0 Å². The number of aryl methyl sites for hydroxylation is 1. The van der Waals surface area contributed by atoms with Crippen LogP contribution in [0, 0.1) is 12.8 Å². The van der Waals surface area contributed by atoms with Crippen LogP contribution >= 0.6 is 0 Å². The number of aliphatic hydroxyl groups is 1. The van der Waals surface area contributed by atoms with Crippen molar-refractivity contribution in [3.8, 4) is 11.5 Å². The van der Waals surface area contributed by atoms with Gasteiger partial charge in [0.1, 0.15) is 11.5 Å². The number of amides is 1. The lowest BCUT2D eigenvalue weighted by atomic mass is 9.91.